The number of hydrogen-bond acceptors (Lipinski definition) is 4. The number of methoxy groups -OCH3 is 1. The van der Waals surface area contributed by atoms with Crippen molar-refractivity contribution in [1.82, 2.24) is 9.97 Å². The van der Waals surface area contributed by atoms with Gasteiger partial charge in [-0.3, -0.25) is 0 Å². The molecular weight excluding hydrogens is 259 g/mol. The van der Waals surface area contributed by atoms with E-state index >= 15 is 0 Å². The fourth-order valence-corrected chi connectivity index (χ4v) is 1.58. The Morgan fingerprint density at radius 2 is 1.94 bits per heavy atom. The highest BCUT2D eigenvalue weighted by Gasteiger charge is 2.12. The minimum Gasteiger partial charge on any atom is -0.464 e. The molecule has 0 fully saturated rings. The lowest BCUT2D eigenvalue weighted by molar-refractivity contribution is 0.0594. The van der Waals surface area contributed by atoms with E-state index in [1.54, 1.807) is 0 Å². The van der Waals surface area contributed by atoms with E-state index in [1.165, 1.54) is 37.4 Å². The van der Waals surface area contributed by atoms with Gasteiger partial charge in [0.05, 0.1) is 12.8 Å². The van der Waals surface area contributed by atoms with Crippen LogP contribution in [0.1, 0.15) is 10.5 Å². The van der Waals surface area contributed by atoms with Crippen LogP contribution < -0.4 is 0 Å². The van der Waals surface area contributed by atoms with E-state index in [2.05, 4.69) is 14.7 Å². The van der Waals surface area contributed by atoms with Crippen molar-refractivity contribution in [3.63, 3.8) is 0 Å². The molecule has 0 bridgehead atoms. The Balaban J connectivity index is 2.48. The molecule has 0 amide bonds. The van der Waals surface area contributed by atoms with Crippen molar-refractivity contribution in [2.75, 3.05) is 7.11 Å². The predicted octanol–water partition coefficient (Wildman–Crippen LogP) is 2.72. The van der Waals surface area contributed by atoms with Crippen LogP contribution in [0, 0.1) is 5.82 Å². The van der Waals surface area contributed by atoms with Gasteiger partial charge in [-0.25, -0.2) is 19.2 Å². The number of hydrogen-bond donors (Lipinski definition) is 0. The fourth-order valence-electron chi connectivity index (χ4n) is 1.40. The van der Waals surface area contributed by atoms with Crippen LogP contribution in [0.5, 0.6) is 0 Å². The first-order valence-electron chi connectivity index (χ1n) is 4.99. The molecule has 0 aliphatic rings. The summed E-state index contributed by atoms with van der Waals surface area (Å²) in [7, 11) is 1.25. The molecule has 2 rings (SSSR count). The average molecular weight is 267 g/mol. The topological polar surface area (TPSA) is 52.1 Å². The van der Waals surface area contributed by atoms with Gasteiger partial charge < -0.3 is 4.74 Å². The third-order valence-electron chi connectivity index (χ3n) is 2.23. The summed E-state index contributed by atoms with van der Waals surface area (Å²) in [5.74, 6) is -0.963. The van der Waals surface area contributed by atoms with Crippen LogP contribution in [0.4, 0.5) is 4.39 Å². The van der Waals surface area contributed by atoms with Gasteiger partial charge >= 0.3 is 5.97 Å². The number of esters is 1. The normalized spacial score (nSPS) is 10.2. The maximum Gasteiger partial charge on any atom is 0.356 e. The van der Waals surface area contributed by atoms with Gasteiger partial charge in [0, 0.05) is 5.56 Å². The molecule has 0 saturated carbocycles. The van der Waals surface area contributed by atoms with Crippen LogP contribution in [-0.4, -0.2) is 23.0 Å². The molecule has 18 heavy (non-hydrogen) atoms. The van der Waals surface area contributed by atoms with E-state index in [0.717, 1.165) is 0 Å². The van der Waals surface area contributed by atoms with E-state index in [-0.39, 0.29) is 16.8 Å². The standard InChI is InChI=1S/C12H8ClFN2O2/c1-18-11(17)10-6-9(15-12(13)16-10)7-2-4-8(14)5-3-7/h2-6H,1H3. The van der Waals surface area contributed by atoms with Crippen molar-refractivity contribution >= 4 is 17.6 Å². The van der Waals surface area contributed by atoms with Crippen LogP contribution in [0.2, 0.25) is 5.28 Å². The van der Waals surface area contributed by atoms with Crippen LogP contribution in [-0.2, 0) is 4.74 Å². The lowest BCUT2D eigenvalue weighted by Crippen LogP contribution is -2.05. The van der Waals surface area contributed by atoms with Crippen LogP contribution >= 0.6 is 11.6 Å². The molecule has 0 radical (unpaired) electrons. The number of nitrogens with zero attached hydrogens (tertiary/aromatic N) is 2. The largest absolute Gasteiger partial charge is 0.464 e. The van der Waals surface area contributed by atoms with Crippen LogP contribution in [0.3, 0.4) is 0 Å². The Hall–Kier alpha value is -2.01. The molecular formula is C12H8ClFN2O2. The summed E-state index contributed by atoms with van der Waals surface area (Å²) in [6.07, 6.45) is 0. The van der Waals surface area contributed by atoms with Crippen molar-refractivity contribution in [1.29, 1.82) is 0 Å². The van der Waals surface area contributed by atoms with E-state index in [4.69, 9.17) is 11.6 Å². The number of aromatic nitrogens is 2. The highest BCUT2D eigenvalue weighted by Crippen LogP contribution is 2.20. The maximum atomic E-state index is 12.8. The number of ether oxygens (including phenoxy) is 1. The fraction of sp³-hybridized carbons (Fsp3) is 0.0833. The summed E-state index contributed by atoms with van der Waals surface area (Å²) in [6, 6.07) is 7.10. The second-order valence-electron chi connectivity index (χ2n) is 3.41. The quantitative estimate of drug-likeness (QED) is 0.619. The van der Waals surface area contributed by atoms with Gasteiger partial charge in [0.15, 0.2) is 5.69 Å². The van der Waals surface area contributed by atoms with E-state index < -0.39 is 5.97 Å². The van der Waals surface area contributed by atoms with Crippen molar-refractivity contribution < 1.29 is 13.9 Å². The first kappa shape index (κ1) is 12.4. The van der Waals surface area contributed by atoms with E-state index in [1.807, 2.05) is 0 Å². The third-order valence-corrected chi connectivity index (χ3v) is 2.40. The Morgan fingerprint density at radius 3 is 2.56 bits per heavy atom. The molecule has 6 heteroatoms. The minimum absolute atomic E-state index is 0.0526. The SMILES string of the molecule is COC(=O)c1cc(-c2ccc(F)cc2)nc(Cl)n1. The average Bonchev–Trinajstić information content (AvgIpc) is 2.38. The second-order valence-corrected chi connectivity index (χ2v) is 3.74. The van der Waals surface area contributed by atoms with E-state index in [9.17, 15) is 9.18 Å². The van der Waals surface area contributed by atoms with Crippen molar-refractivity contribution in [3.8, 4) is 11.3 Å². The number of benzene rings is 1. The highest BCUT2D eigenvalue weighted by molar-refractivity contribution is 6.28. The molecule has 1 aromatic carbocycles. The van der Waals surface area contributed by atoms with Crippen molar-refractivity contribution in [2.45, 2.75) is 0 Å². The van der Waals surface area contributed by atoms with Crippen LogP contribution in [0.25, 0.3) is 11.3 Å². The molecule has 0 unspecified atom stereocenters. The Kier molecular flexibility index (Phi) is 3.53. The van der Waals surface area contributed by atoms with Crippen molar-refractivity contribution in [2.24, 2.45) is 0 Å². The zero-order valence-electron chi connectivity index (χ0n) is 9.35. The molecule has 1 aromatic heterocycles. The summed E-state index contributed by atoms with van der Waals surface area (Å²) >= 11 is 5.73. The summed E-state index contributed by atoms with van der Waals surface area (Å²) in [6.45, 7) is 0. The summed E-state index contributed by atoms with van der Waals surface area (Å²) in [4.78, 5) is 19.1. The number of carbonyl (C=O) groups excluding carboxylic acids is 1. The number of rotatable bonds is 2. The lowest BCUT2D eigenvalue weighted by atomic mass is 10.1. The zero-order chi connectivity index (χ0) is 13.1. The smallest absolute Gasteiger partial charge is 0.356 e. The monoisotopic (exact) mass is 266 g/mol. The minimum atomic E-state index is -0.609. The Bertz CT molecular complexity index is 587. The van der Waals surface area contributed by atoms with Crippen molar-refractivity contribution in [3.05, 3.63) is 47.1 Å². The van der Waals surface area contributed by atoms with Gasteiger partial charge in [-0.2, -0.15) is 0 Å². The molecule has 0 spiro atoms. The summed E-state index contributed by atoms with van der Waals surface area (Å²) in [5, 5.41) is -0.0720. The van der Waals surface area contributed by atoms with Gasteiger partial charge in [0.2, 0.25) is 5.28 Å². The predicted molar refractivity (Wildman–Crippen MR) is 63.8 cm³/mol. The van der Waals surface area contributed by atoms with Gasteiger partial charge in [-0.15, -0.1) is 0 Å². The third kappa shape index (κ3) is 2.62. The molecule has 1 heterocycles. The first-order valence-corrected chi connectivity index (χ1v) is 5.37. The summed E-state index contributed by atoms with van der Waals surface area (Å²) < 4.78 is 17.4. The Labute approximate surface area is 107 Å². The molecule has 2 aromatic rings. The highest BCUT2D eigenvalue weighted by atomic mass is 35.5. The molecule has 0 aliphatic carbocycles. The van der Waals surface area contributed by atoms with Gasteiger partial charge in [-0.1, -0.05) is 0 Å². The lowest BCUT2D eigenvalue weighted by Gasteiger charge is -2.04. The Morgan fingerprint density at radius 1 is 1.28 bits per heavy atom. The number of carbonyl (C=O) groups is 1. The molecule has 92 valence electrons. The molecule has 0 saturated heterocycles. The second kappa shape index (κ2) is 5.10. The van der Waals surface area contributed by atoms with Gasteiger partial charge in [0.25, 0.3) is 0 Å². The maximum absolute atomic E-state index is 12.8. The zero-order valence-corrected chi connectivity index (χ0v) is 10.1. The van der Waals surface area contributed by atoms with Gasteiger partial charge in [-0.05, 0) is 41.9 Å². The molecule has 0 aliphatic heterocycles. The van der Waals surface area contributed by atoms with Gasteiger partial charge in [0.1, 0.15) is 5.82 Å². The summed E-state index contributed by atoms with van der Waals surface area (Å²) in [5.41, 5.74) is 1.11. The molecule has 4 nitrogen and oxygen atoms in total. The van der Waals surface area contributed by atoms with Crippen LogP contribution in [0.15, 0.2) is 30.3 Å². The van der Waals surface area contributed by atoms with E-state index in [0.29, 0.717) is 11.3 Å². The first-order chi connectivity index (χ1) is 8.60. The molecule has 0 N–H and O–H groups in total. The number of halogens is 2. The molecule has 0 atom stereocenters.